The van der Waals surface area contributed by atoms with Crippen molar-refractivity contribution in [3.63, 3.8) is 0 Å². The van der Waals surface area contributed by atoms with E-state index in [1.165, 1.54) is 11.3 Å². The lowest BCUT2D eigenvalue weighted by Gasteiger charge is -2.12. The Labute approximate surface area is 82.4 Å². The Kier molecular flexibility index (Phi) is 5.20. The fourth-order valence-electron chi connectivity index (χ4n) is 0.862. The van der Waals surface area contributed by atoms with E-state index in [2.05, 4.69) is 44.4 Å². The van der Waals surface area contributed by atoms with E-state index in [4.69, 9.17) is 0 Å². The monoisotopic (exact) mass is 179 g/mol. The lowest BCUT2D eigenvalue weighted by atomic mass is 10.0. The highest BCUT2D eigenvalue weighted by Crippen LogP contribution is 2.11. The molecule has 0 saturated heterocycles. The van der Waals surface area contributed by atoms with E-state index < -0.39 is 0 Å². The summed E-state index contributed by atoms with van der Waals surface area (Å²) >= 11 is 0. The second-order valence-corrected chi connectivity index (χ2v) is 3.73. The van der Waals surface area contributed by atoms with E-state index in [0.29, 0.717) is 5.92 Å². The zero-order chi connectivity index (χ0) is 10.4. The zero-order valence-corrected chi connectivity index (χ0v) is 9.46. The number of hydrogen-bond acceptors (Lipinski definition) is 1. The van der Waals surface area contributed by atoms with Crippen molar-refractivity contribution in [2.24, 2.45) is 5.92 Å². The highest BCUT2D eigenvalue weighted by molar-refractivity contribution is 5.25. The predicted molar refractivity (Wildman–Crippen MR) is 60.6 cm³/mol. The van der Waals surface area contributed by atoms with Crippen LogP contribution in [0.15, 0.2) is 36.1 Å². The largest absolute Gasteiger partial charge is 0.381 e. The molecular formula is C12H21N. The minimum Gasteiger partial charge on any atom is -0.381 e. The van der Waals surface area contributed by atoms with Crippen molar-refractivity contribution < 1.29 is 0 Å². The van der Waals surface area contributed by atoms with Gasteiger partial charge in [-0.15, -0.1) is 0 Å². The summed E-state index contributed by atoms with van der Waals surface area (Å²) < 4.78 is 0. The third-order valence-electron chi connectivity index (χ3n) is 2.12. The van der Waals surface area contributed by atoms with E-state index >= 15 is 0 Å². The average Bonchev–Trinajstić information content (AvgIpc) is 2.04. The van der Waals surface area contributed by atoms with Gasteiger partial charge in [-0.1, -0.05) is 32.6 Å². The Hall–Kier alpha value is -0.980. The lowest BCUT2D eigenvalue weighted by Crippen LogP contribution is -2.07. The molecule has 0 heterocycles. The van der Waals surface area contributed by atoms with Gasteiger partial charge in [0.25, 0.3) is 0 Å². The van der Waals surface area contributed by atoms with Crippen molar-refractivity contribution in [3.05, 3.63) is 36.1 Å². The molecule has 0 atom stereocenters. The molecule has 13 heavy (non-hydrogen) atoms. The third kappa shape index (κ3) is 4.56. The van der Waals surface area contributed by atoms with E-state index in [0.717, 1.165) is 0 Å². The van der Waals surface area contributed by atoms with Gasteiger partial charge in [-0.25, -0.2) is 0 Å². The molecule has 0 bridgehead atoms. The summed E-state index contributed by atoms with van der Waals surface area (Å²) in [7, 11) is 4.09. The third-order valence-corrected chi connectivity index (χ3v) is 2.12. The van der Waals surface area contributed by atoms with Gasteiger partial charge in [0.15, 0.2) is 0 Å². The van der Waals surface area contributed by atoms with Crippen molar-refractivity contribution in [1.29, 1.82) is 0 Å². The maximum Gasteiger partial charge on any atom is 0.00959 e. The topological polar surface area (TPSA) is 3.24 Å². The molecule has 0 aliphatic rings. The first-order valence-corrected chi connectivity index (χ1v) is 4.67. The molecule has 0 aromatic heterocycles. The van der Waals surface area contributed by atoms with Crippen molar-refractivity contribution >= 4 is 0 Å². The van der Waals surface area contributed by atoms with Gasteiger partial charge in [0.1, 0.15) is 0 Å². The fraction of sp³-hybridized carbons (Fsp3) is 0.500. The number of hydrogen-bond donors (Lipinski definition) is 0. The van der Waals surface area contributed by atoms with Gasteiger partial charge in [-0.3, -0.25) is 0 Å². The molecule has 0 saturated carbocycles. The van der Waals surface area contributed by atoms with E-state index in [1.807, 2.05) is 20.2 Å². The molecule has 0 unspecified atom stereocenters. The zero-order valence-electron chi connectivity index (χ0n) is 9.46. The van der Waals surface area contributed by atoms with Crippen LogP contribution >= 0.6 is 0 Å². The summed E-state index contributed by atoms with van der Waals surface area (Å²) in [6.07, 6.45) is 6.17. The first kappa shape index (κ1) is 12.0. The SMILES string of the molecule is C=C/C(=C\C=C(\C)N(C)C)C(C)C. The predicted octanol–water partition coefficient (Wildman–Crippen LogP) is 3.22. The molecule has 0 aliphatic carbocycles. The molecule has 0 aromatic carbocycles. The van der Waals surface area contributed by atoms with Crippen LogP contribution in [-0.4, -0.2) is 19.0 Å². The van der Waals surface area contributed by atoms with Crippen LogP contribution < -0.4 is 0 Å². The first-order chi connectivity index (χ1) is 5.99. The molecule has 1 heteroatoms. The summed E-state index contributed by atoms with van der Waals surface area (Å²) in [4.78, 5) is 2.09. The molecule has 1 nitrogen and oxygen atoms in total. The number of nitrogens with zero attached hydrogens (tertiary/aromatic N) is 1. The molecule has 0 amide bonds. The van der Waals surface area contributed by atoms with E-state index in [-0.39, 0.29) is 0 Å². The van der Waals surface area contributed by atoms with Crippen molar-refractivity contribution in [1.82, 2.24) is 4.90 Å². The van der Waals surface area contributed by atoms with Crippen LogP contribution in [0, 0.1) is 5.92 Å². The Morgan fingerprint density at radius 1 is 1.23 bits per heavy atom. The van der Waals surface area contributed by atoms with Gasteiger partial charge in [-0.2, -0.15) is 0 Å². The molecular weight excluding hydrogens is 158 g/mol. The Morgan fingerprint density at radius 2 is 1.77 bits per heavy atom. The molecule has 0 spiro atoms. The molecule has 0 aliphatic heterocycles. The second-order valence-electron chi connectivity index (χ2n) is 3.73. The van der Waals surface area contributed by atoms with E-state index in [1.54, 1.807) is 0 Å². The Morgan fingerprint density at radius 3 is 2.08 bits per heavy atom. The number of allylic oxidation sites excluding steroid dienone is 5. The van der Waals surface area contributed by atoms with Crippen LogP contribution in [0.5, 0.6) is 0 Å². The molecule has 0 radical (unpaired) electrons. The highest BCUT2D eigenvalue weighted by Gasteiger charge is 1.96. The Bertz CT molecular complexity index is 219. The van der Waals surface area contributed by atoms with Gasteiger partial charge in [0.05, 0.1) is 0 Å². The highest BCUT2D eigenvalue weighted by atomic mass is 15.1. The summed E-state index contributed by atoms with van der Waals surface area (Å²) in [5.41, 5.74) is 2.53. The van der Waals surface area contributed by atoms with Crippen molar-refractivity contribution in [3.8, 4) is 0 Å². The van der Waals surface area contributed by atoms with Crippen LogP contribution in [0.1, 0.15) is 20.8 Å². The van der Waals surface area contributed by atoms with Crippen LogP contribution in [0.4, 0.5) is 0 Å². The second kappa shape index (κ2) is 5.63. The van der Waals surface area contributed by atoms with Gasteiger partial charge in [0.2, 0.25) is 0 Å². The normalized spacial score (nSPS) is 13.4. The Balaban J connectivity index is 4.54. The van der Waals surface area contributed by atoms with Gasteiger partial charge in [0, 0.05) is 19.8 Å². The summed E-state index contributed by atoms with van der Waals surface area (Å²) in [5, 5.41) is 0. The number of rotatable bonds is 4. The van der Waals surface area contributed by atoms with Crippen LogP contribution in [-0.2, 0) is 0 Å². The minimum atomic E-state index is 0.545. The maximum atomic E-state index is 3.79. The molecule has 0 aromatic rings. The molecule has 0 rings (SSSR count). The summed E-state index contributed by atoms with van der Waals surface area (Å²) in [6, 6.07) is 0. The van der Waals surface area contributed by atoms with Gasteiger partial charge in [-0.05, 0) is 24.5 Å². The van der Waals surface area contributed by atoms with Crippen LogP contribution in [0.3, 0.4) is 0 Å². The molecule has 0 fully saturated rings. The van der Waals surface area contributed by atoms with Crippen molar-refractivity contribution in [2.45, 2.75) is 20.8 Å². The molecule has 74 valence electrons. The first-order valence-electron chi connectivity index (χ1n) is 4.67. The lowest BCUT2D eigenvalue weighted by molar-refractivity contribution is 0.514. The van der Waals surface area contributed by atoms with Gasteiger partial charge < -0.3 is 4.90 Å². The van der Waals surface area contributed by atoms with Gasteiger partial charge >= 0.3 is 0 Å². The average molecular weight is 179 g/mol. The quantitative estimate of drug-likeness (QED) is 0.599. The molecule has 0 N–H and O–H groups in total. The minimum absolute atomic E-state index is 0.545. The van der Waals surface area contributed by atoms with Crippen molar-refractivity contribution in [2.75, 3.05) is 14.1 Å². The van der Waals surface area contributed by atoms with Crippen LogP contribution in [0.25, 0.3) is 0 Å². The summed E-state index contributed by atoms with van der Waals surface area (Å²) in [6.45, 7) is 10.2. The smallest absolute Gasteiger partial charge is 0.00959 e. The standard InChI is InChI=1S/C12H21N/c1-7-12(10(2)3)9-8-11(4)13(5)6/h7-10H,1H2,2-6H3/b11-8-,12-9+. The van der Waals surface area contributed by atoms with Crippen LogP contribution in [0.2, 0.25) is 0 Å². The van der Waals surface area contributed by atoms with E-state index in [9.17, 15) is 0 Å². The summed E-state index contributed by atoms with van der Waals surface area (Å²) in [5.74, 6) is 0.545. The maximum absolute atomic E-state index is 3.79. The fourth-order valence-corrected chi connectivity index (χ4v) is 0.862.